The van der Waals surface area contributed by atoms with Crippen LogP contribution in [-0.4, -0.2) is 417 Å². The summed E-state index contributed by atoms with van der Waals surface area (Å²) in [7, 11) is -5.60. The van der Waals surface area contributed by atoms with Crippen molar-refractivity contribution in [3.63, 3.8) is 0 Å². The molecule has 2 amide bonds. The van der Waals surface area contributed by atoms with Crippen LogP contribution in [0, 0.1) is 0 Å². The third-order valence-electron chi connectivity index (χ3n) is 17.6. The van der Waals surface area contributed by atoms with Crippen LogP contribution in [0.3, 0.4) is 0 Å². The molecule has 0 radical (unpaired) electrons. The average molecular weight is 1450 g/mol. The van der Waals surface area contributed by atoms with E-state index in [0.29, 0.717) is 0 Å². The zero-order chi connectivity index (χ0) is 71.7. The molecule has 0 saturated carbocycles. The van der Waals surface area contributed by atoms with Crippen molar-refractivity contribution in [3.8, 4) is 0 Å². The Morgan fingerprint density at radius 3 is 1.11 bits per heavy atom. The lowest BCUT2D eigenvalue weighted by atomic mass is 9.93. The van der Waals surface area contributed by atoms with Gasteiger partial charge in [0.1, 0.15) is 183 Å². The minimum absolute atomic E-state index is 0.876. The number of amides is 2. The first-order valence-corrected chi connectivity index (χ1v) is 31.9. The van der Waals surface area contributed by atoms with Crippen molar-refractivity contribution in [2.45, 2.75) is 273 Å². The molecule has 0 aromatic carbocycles. The summed E-state index contributed by atoms with van der Waals surface area (Å²) in [6.07, 6.45) is -78.7. The predicted octanol–water partition coefficient (Wildman–Crippen LogP) is -16.3. The molecule has 0 unspecified atom stereocenters. The van der Waals surface area contributed by atoms with Crippen molar-refractivity contribution in [2.75, 3.05) is 39.6 Å². The highest BCUT2D eigenvalue weighted by molar-refractivity contribution is 7.80. The highest BCUT2D eigenvalue weighted by atomic mass is 32.3. The molecule has 40 atom stereocenters. The molecule has 0 aliphatic carbocycles. The molecule has 8 fully saturated rings. The van der Waals surface area contributed by atoms with Gasteiger partial charge in [-0.25, -0.2) is 4.18 Å². The number of nitrogens with one attached hydrogen (secondary N) is 2. The van der Waals surface area contributed by atoms with Crippen molar-refractivity contribution in [2.24, 2.45) is 0 Å². The summed E-state index contributed by atoms with van der Waals surface area (Å²) in [5, 5.41) is 235. The van der Waals surface area contributed by atoms with E-state index in [-0.39, 0.29) is 0 Å². The number of hydrogen-bond acceptors (Lipinski definition) is 41. The van der Waals surface area contributed by atoms with Crippen LogP contribution in [0.25, 0.3) is 0 Å². The number of aliphatic hydroxyl groups excluding tert-OH is 21. The van der Waals surface area contributed by atoms with E-state index >= 15 is 0 Å². The first-order chi connectivity index (χ1) is 45.6. The van der Waals surface area contributed by atoms with Crippen LogP contribution in [-0.2, 0) is 95.2 Å². The minimum atomic E-state index is -5.60. The van der Waals surface area contributed by atoms with Gasteiger partial charge in [0.15, 0.2) is 50.3 Å². The van der Waals surface area contributed by atoms with Gasteiger partial charge in [0.2, 0.25) is 11.8 Å². The van der Waals surface area contributed by atoms with Gasteiger partial charge in [-0.05, 0) is 13.8 Å². The fourth-order valence-electron chi connectivity index (χ4n) is 12.3. The second-order valence-corrected chi connectivity index (χ2v) is 25.4. The van der Waals surface area contributed by atoms with Crippen LogP contribution < -0.4 is 10.6 Å². The molecule has 44 nitrogen and oxygen atoms in total. The van der Waals surface area contributed by atoms with Gasteiger partial charge in [-0.3, -0.25) is 14.1 Å². The van der Waals surface area contributed by atoms with Crippen molar-refractivity contribution in [1.29, 1.82) is 0 Å². The monoisotopic (exact) mass is 1440 g/mol. The van der Waals surface area contributed by atoms with Crippen molar-refractivity contribution in [1.82, 2.24) is 10.6 Å². The van der Waals surface area contributed by atoms with Gasteiger partial charge >= 0.3 is 10.4 Å². The lowest BCUT2D eigenvalue weighted by molar-refractivity contribution is -0.398. The van der Waals surface area contributed by atoms with Crippen molar-refractivity contribution >= 4 is 22.2 Å². The number of aliphatic hydroxyl groups is 21. The van der Waals surface area contributed by atoms with Gasteiger partial charge in [0.25, 0.3) is 0 Å². The van der Waals surface area contributed by atoms with Gasteiger partial charge in [-0.1, -0.05) is 0 Å². The Morgan fingerprint density at radius 2 is 0.670 bits per heavy atom. The van der Waals surface area contributed by atoms with Crippen LogP contribution in [0.1, 0.15) is 27.7 Å². The smallest absolute Gasteiger partial charge is 0.394 e. The second-order valence-electron chi connectivity index (χ2n) is 24.3. The maximum atomic E-state index is 13.4. The summed E-state index contributed by atoms with van der Waals surface area (Å²) in [6, 6.07) is -4.11. The molecular formula is C52H88N2O42S. The zero-order valence-corrected chi connectivity index (χ0v) is 52.6. The van der Waals surface area contributed by atoms with Crippen LogP contribution in [0.5, 0.6) is 0 Å². The van der Waals surface area contributed by atoms with Crippen LogP contribution in [0.2, 0.25) is 0 Å². The predicted molar refractivity (Wildman–Crippen MR) is 295 cm³/mol. The summed E-state index contributed by atoms with van der Waals surface area (Å²) in [5.41, 5.74) is 0. The molecule has 8 heterocycles. The van der Waals surface area contributed by atoms with E-state index in [2.05, 4.69) is 10.6 Å². The number of rotatable bonds is 24. The zero-order valence-electron chi connectivity index (χ0n) is 51.7. The van der Waals surface area contributed by atoms with E-state index in [1.54, 1.807) is 0 Å². The highest BCUT2D eigenvalue weighted by Crippen LogP contribution is 2.40. The van der Waals surface area contributed by atoms with Gasteiger partial charge in [0.05, 0.1) is 51.8 Å². The van der Waals surface area contributed by atoms with Gasteiger partial charge in [-0.2, -0.15) is 8.42 Å². The second kappa shape index (κ2) is 33.9. The first-order valence-electron chi connectivity index (χ1n) is 30.5. The standard InChI is InChI=1S/C52H88N2O42S/c1-11-23(62)29(68)34(73)48(82-11)93-41-22(54-14(4)61)47(95-42-27(66)17(7-57)86-50(36(42)75)90-38-19(9-59)84-45(77)33(72)32(38)71)89-20(10-81-97(78,79)80)39(41)91-51-37(76)43(28(67)18(8-58)87-51)94-46-21(53-13(3)60)40(26(65)16(6-56)85-46)92-52-44(31(70)25(64)15(5-55)88-52)96-49-35(74)30(69)24(63)12(2)83-49/h11-12,15-52,55-59,62-77H,5-10H2,1-4H3,(H,53,60)(H,54,61)(H,78,79,80)/t11-,12-,15+,16+,17+,18+,19+,20+,21+,22+,23+,24+,25-,26+,27-,28-,29+,30+,31-,32+,33+,34-,35-,36-,37+,38+,39+,40+,41+,42-,43-,44+,45-,46-,47-,48-,49-,50-,51-,52-/m0/s1. The molecule has 97 heavy (non-hydrogen) atoms. The molecule has 0 aromatic heterocycles. The molecule has 24 N–H and O–H groups in total. The maximum absolute atomic E-state index is 13.4. The molecule has 0 aromatic rings. The fraction of sp³-hybridized carbons (Fsp3) is 0.962. The lowest BCUT2D eigenvalue weighted by Crippen LogP contribution is -2.72. The van der Waals surface area contributed by atoms with Gasteiger partial charge < -0.3 is 189 Å². The number of hydrogen-bond donors (Lipinski definition) is 24. The summed E-state index contributed by atoms with van der Waals surface area (Å²) in [6.45, 7) is -2.79. The Labute approximate surface area is 549 Å². The number of carbonyl (C=O) groups is 2. The third-order valence-corrected chi connectivity index (χ3v) is 18.0. The Kier molecular flexibility index (Phi) is 28.0. The normalized spacial score (nSPS) is 50.2. The average Bonchev–Trinajstić information content (AvgIpc) is 0.769. The molecule has 564 valence electrons. The summed E-state index contributed by atoms with van der Waals surface area (Å²) in [5.74, 6) is -2.04. The van der Waals surface area contributed by atoms with Crippen LogP contribution in [0.4, 0.5) is 0 Å². The largest absolute Gasteiger partial charge is 0.397 e. The summed E-state index contributed by atoms with van der Waals surface area (Å²) < 4.78 is 127. The van der Waals surface area contributed by atoms with E-state index in [1.165, 1.54) is 13.8 Å². The summed E-state index contributed by atoms with van der Waals surface area (Å²) in [4.78, 5) is 26.5. The number of carbonyl (C=O) groups excluding carboxylic acids is 2. The lowest BCUT2D eigenvalue weighted by Gasteiger charge is -2.52. The molecule has 0 spiro atoms. The topological polar surface area (TPSA) is 685 Å². The van der Waals surface area contributed by atoms with Crippen LogP contribution >= 0.6 is 0 Å². The fourth-order valence-corrected chi connectivity index (χ4v) is 12.6. The Morgan fingerprint density at radius 1 is 0.330 bits per heavy atom. The van der Waals surface area contributed by atoms with E-state index in [4.69, 9.17) is 75.2 Å². The quantitative estimate of drug-likeness (QED) is 0.0399. The molecular weight excluding hydrogens is 1360 g/mol. The van der Waals surface area contributed by atoms with E-state index in [0.717, 1.165) is 13.8 Å². The Hall–Kier alpha value is -2.63. The maximum Gasteiger partial charge on any atom is 0.397 e. The van der Waals surface area contributed by atoms with Crippen molar-refractivity contribution in [3.05, 3.63) is 0 Å². The van der Waals surface area contributed by atoms with Gasteiger partial charge in [0, 0.05) is 13.8 Å². The highest BCUT2D eigenvalue weighted by Gasteiger charge is 2.61. The molecule has 8 aliphatic heterocycles. The molecule has 45 heteroatoms. The number of ether oxygens (including phenoxy) is 15. The molecule has 8 rings (SSSR count). The van der Waals surface area contributed by atoms with Gasteiger partial charge in [-0.15, -0.1) is 0 Å². The summed E-state index contributed by atoms with van der Waals surface area (Å²) >= 11 is 0. The molecule has 0 bridgehead atoms. The third kappa shape index (κ3) is 17.8. The van der Waals surface area contributed by atoms with E-state index < -0.39 is 307 Å². The van der Waals surface area contributed by atoms with Crippen molar-refractivity contribution < 1.29 is 205 Å². The minimum Gasteiger partial charge on any atom is -0.394 e. The van der Waals surface area contributed by atoms with E-state index in [9.17, 15) is 130 Å². The molecule has 8 aliphatic rings. The SMILES string of the molecule is CC(=O)N[C@H]1[C@H](O[C@@H]2[C@H](O)[C@H](O[C@H]3[C@H](O)[C@@H](O)[C@@H](O)O[C@@H]3CO)O[C@H](CO)[C@@H]2O)O[C@H](COS(=O)(=O)O)[C@@H](O[C@@H]2O[C@H](CO)[C@H](O)[C@H](O[C@@H]3O[C@H](CO)[C@@H](O)[C@H](O[C@@H]4O[C@H](CO)[C@H](O)[C@H](O)[C@H]4O[C@@H]4O[C@@H](C)[C@@H](O)[C@@H](O)[C@@H]4O)[C@H]3NC(C)=O)[C@H]2O)[C@@H]1O[C@@H]1O[C@@H](C)[C@@H](O)[C@@H](O)[C@@H]1O. The van der Waals surface area contributed by atoms with Crippen LogP contribution in [0.15, 0.2) is 0 Å². The Bertz CT molecular complexity index is 2620. The first kappa shape index (κ1) is 80.1. The van der Waals surface area contributed by atoms with E-state index in [1.807, 2.05) is 0 Å². The molecule has 8 saturated heterocycles. The Balaban J connectivity index is 1.15.